The molecule has 2 atom stereocenters. The maximum atomic E-state index is 13.0. The summed E-state index contributed by atoms with van der Waals surface area (Å²) in [6, 6.07) is 4.30. The number of hydrogen-bond donors (Lipinski definition) is 1. The van der Waals surface area contributed by atoms with Gasteiger partial charge in [-0.1, -0.05) is 0 Å². The first kappa shape index (κ1) is 18.2. The lowest BCUT2D eigenvalue weighted by Crippen LogP contribution is -2.55. The number of hydrogen-bond acceptors (Lipinski definition) is 3. The minimum atomic E-state index is -0.600. The highest BCUT2D eigenvalue weighted by atomic mass is 79.9. The Bertz CT molecular complexity index is 504. The van der Waals surface area contributed by atoms with E-state index in [0.717, 1.165) is 13.1 Å². The number of benzene rings is 1. The molecule has 1 heterocycles. The number of amides is 1. The smallest absolute Gasteiger partial charge is 0.263 e. The van der Waals surface area contributed by atoms with Gasteiger partial charge in [-0.25, -0.2) is 4.39 Å². The van der Waals surface area contributed by atoms with Crippen LogP contribution in [-0.2, 0) is 4.79 Å². The zero-order chi connectivity index (χ0) is 14.7. The number of halogens is 3. The molecule has 1 fully saturated rings. The van der Waals surface area contributed by atoms with Crippen molar-refractivity contribution < 1.29 is 13.9 Å². The number of piperazine rings is 1. The average molecular weight is 382 g/mol. The van der Waals surface area contributed by atoms with E-state index in [9.17, 15) is 9.18 Å². The van der Waals surface area contributed by atoms with Crippen molar-refractivity contribution in [2.75, 3.05) is 19.6 Å². The number of rotatable bonds is 3. The zero-order valence-electron chi connectivity index (χ0n) is 11.9. The number of nitrogens with zero attached hydrogens (tertiary/aromatic N) is 1. The van der Waals surface area contributed by atoms with Crippen molar-refractivity contribution in [1.29, 1.82) is 0 Å². The maximum absolute atomic E-state index is 13.0. The van der Waals surface area contributed by atoms with E-state index in [4.69, 9.17) is 4.74 Å². The Labute approximate surface area is 138 Å². The Morgan fingerprint density at radius 2 is 2.29 bits per heavy atom. The second kappa shape index (κ2) is 7.96. The zero-order valence-corrected chi connectivity index (χ0v) is 14.3. The van der Waals surface area contributed by atoms with Crippen LogP contribution in [0.5, 0.6) is 5.75 Å². The lowest BCUT2D eigenvalue weighted by molar-refractivity contribution is -0.140. The molecule has 0 saturated carbocycles. The van der Waals surface area contributed by atoms with E-state index in [0.29, 0.717) is 16.8 Å². The fourth-order valence-corrected chi connectivity index (χ4v) is 2.66. The molecule has 1 N–H and O–H groups in total. The summed E-state index contributed by atoms with van der Waals surface area (Å²) in [6.45, 7) is 5.98. The Hall–Kier alpha value is -0.850. The molecule has 1 unspecified atom stereocenters. The van der Waals surface area contributed by atoms with Gasteiger partial charge >= 0.3 is 0 Å². The normalized spacial score (nSPS) is 19.6. The van der Waals surface area contributed by atoms with Gasteiger partial charge in [0.25, 0.3) is 5.91 Å². The molecule has 1 aliphatic rings. The summed E-state index contributed by atoms with van der Waals surface area (Å²) in [5.41, 5.74) is 0. The molecule has 1 aliphatic heterocycles. The Morgan fingerprint density at radius 1 is 1.57 bits per heavy atom. The maximum Gasteiger partial charge on any atom is 0.263 e. The van der Waals surface area contributed by atoms with Gasteiger partial charge < -0.3 is 15.0 Å². The van der Waals surface area contributed by atoms with Crippen molar-refractivity contribution in [3.05, 3.63) is 28.5 Å². The predicted octanol–water partition coefficient (Wildman–Crippen LogP) is 2.60. The lowest BCUT2D eigenvalue weighted by atomic mass is 10.2. The second-order valence-corrected chi connectivity index (χ2v) is 5.77. The molecule has 0 spiro atoms. The van der Waals surface area contributed by atoms with Crippen molar-refractivity contribution in [3.8, 4) is 5.75 Å². The third-order valence-corrected chi connectivity index (χ3v) is 3.95. The molecule has 0 aliphatic carbocycles. The van der Waals surface area contributed by atoms with Crippen molar-refractivity contribution in [2.24, 2.45) is 0 Å². The number of nitrogens with one attached hydrogen (secondary N) is 1. The van der Waals surface area contributed by atoms with E-state index in [1.54, 1.807) is 6.92 Å². The third-order valence-electron chi connectivity index (χ3n) is 3.33. The number of ether oxygens (including phenoxy) is 1. The van der Waals surface area contributed by atoms with Gasteiger partial charge in [0.05, 0.1) is 4.47 Å². The molecule has 7 heteroatoms. The highest BCUT2D eigenvalue weighted by molar-refractivity contribution is 9.10. The third kappa shape index (κ3) is 4.56. The molecule has 2 rings (SSSR count). The topological polar surface area (TPSA) is 41.6 Å². The quantitative estimate of drug-likeness (QED) is 0.875. The van der Waals surface area contributed by atoms with Gasteiger partial charge in [-0.3, -0.25) is 4.79 Å². The van der Waals surface area contributed by atoms with Gasteiger partial charge in [-0.2, -0.15) is 0 Å². The summed E-state index contributed by atoms with van der Waals surface area (Å²) in [5, 5.41) is 3.24. The summed E-state index contributed by atoms with van der Waals surface area (Å²) >= 11 is 3.23. The Morgan fingerprint density at radius 3 is 2.90 bits per heavy atom. The summed E-state index contributed by atoms with van der Waals surface area (Å²) in [6.07, 6.45) is -0.600. The largest absolute Gasteiger partial charge is 0.480 e. The molecule has 1 saturated heterocycles. The molecular formula is C14H19BrClFN2O2. The van der Waals surface area contributed by atoms with Crippen LogP contribution >= 0.6 is 28.3 Å². The summed E-state index contributed by atoms with van der Waals surface area (Å²) in [4.78, 5) is 14.2. The minimum absolute atomic E-state index is 0. The highest BCUT2D eigenvalue weighted by Crippen LogP contribution is 2.26. The van der Waals surface area contributed by atoms with E-state index >= 15 is 0 Å². The molecular weight excluding hydrogens is 363 g/mol. The fourth-order valence-electron chi connectivity index (χ4n) is 2.21. The number of carbonyl (C=O) groups is 1. The Kier molecular flexibility index (Phi) is 6.90. The molecule has 4 nitrogen and oxygen atoms in total. The molecule has 118 valence electrons. The van der Waals surface area contributed by atoms with Gasteiger partial charge in [0.1, 0.15) is 11.6 Å². The Balaban J connectivity index is 0.00000220. The number of carbonyl (C=O) groups excluding carboxylic acids is 1. The van der Waals surface area contributed by atoms with E-state index < -0.39 is 6.10 Å². The van der Waals surface area contributed by atoms with Crippen LogP contribution in [0.3, 0.4) is 0 Å². The van der Waals surface area contributed by atoms with E-state index in [1.165, 1.54) is 18.2 Å². The second-order valence-electron chi connectivity index (χ2n) is 4.92. The summed E-state index contributed by atoms with van der Waals surface area (Å²) in [5.74, 6) is 0.0733. The van der Waals surface area contributed by atoms with Crippen molar-refractivity contribution >= 4 is 34.2 Å². The fraction of sp³-hybridized carbons (Fsp3) is 0.500. The van der Waals surface area contributed by atoms with E-state index in [1.807, 2.05) is 11.8 Å². The van der Waals surface area contributed by atoms with Gasteiger partial charge in [0.2, 0.25) is 0 Å². The van der Waals surface area contributed by atoms with Gasteiger partial charge in [-0.05, 0) is 48.0 Å². The van der Waals surface area contributed by atoms with Crippen LogP contribution in [0.2, 0.25) is 0 Å². The van der Waals surface area contributed by atoms with Crippen LogP contribution in [0.25, 0.3) is 0 Å². The van der Waals surface area contributed by atoms with Gasteiger partial charge in [0, 0.05) is 25.7 Å². The van der Waals surface area contributed by atoms with Crippen LogP contribution in [0.4, 0.5) is 4.39 Å². The van der Waals surface area contributed by atoms with Crippen molar-refractivity contribution in [1.82, 2.24) is 10.2 Å². The predicted molar refractivity (Wildman–Crippen MR) is 85.5 cm³/mol. The minimum Gasteiger partial charge on any atom is -0.480 e. The van der Waals surface area contributed by atoms with Crippen molar-refractivity contribution in [2.45, 2.75) is 26.0 Å². The monoisotopic (exact) mass is 380 g/mol. The van der Waals surface area contributed by atoms with Crippen LogP contribution in [-0.4, -0.2) is 42.6 Å². The van der Waals surface area contributed by atoms with Gasteiger partial charge in [-0.15, -0.1) is 12.4 Å². The van der Waals surface area contributed by atoms with Crippen molar-refractivity contribution in [3.63, 3.8) is 0 Å². The molecule has 1 aromatic carbocycles. The SMILES string of the molecule is CC(Oc1ccc(F)cc1Br)C(=O)N1CCNC[C@@H]1C.Cl. The van der Waals surface area contributed by atoms with E-state index in [2.05, 4.69) is 21.2 Å². The molecule has 1 amide bonds. The standard InChI is InChI=1S/C14H18BrFN2O2.ClH/c1-9-8-17-5-6-18(9)14(19)10(2)20-13-4-3-11(16)7-12(13)15;/h3-4,7,9-10,17H,5-6,8H2,1-2H3;1H/t9-,10?;/m0./s1. The molecule has 0 bridgehead atoms. The van der Waals surface area contributed by atoms with Gasteiger partial charge in [0.15, 0.2) is 6.10 Å². The first-order valence-electron chi connectivity index (χ1n) is 6.62. The first-order valence-corrected chi connectivity index (χ1v) is 7.41. The lowest BCUT2D eigenvalue weighted by Gasteiger charge is -2.35. The van der Waals surface area contributed by atoms with E-state index in [-0.39, 0.29) is 30.2 Å². The van der Waals surface area contributed by atoms with Crippen LogP contribution < -0.4 is 10.1 Å². The first-order chi connectivity index (χ1) is 9.49. The molecule has 21 heavy (non-hydrogen) atoms. The molecule has 0 aromatic heterocycles. The highest BCUT2D eigenvalue weighted by Gasteiger charge is 2.28. The molecule has 1 aromatic rings. The van der Waals surface area contributed by atoms with Crippen LogP contribution in [0.1, 0.15) is 13.8 Å². The van der Waals surface area contributed by atoms with Crippen LogP contribution in [0.15, 0.2) is 22.7 Å². The molecule has 0 radical (unpaired) electrons. The summed E-state index contributed by atoms with van der Waals surface area (Å²) in [7, 11) is 0. The van der Waals surface area contributed by atoms with Crippen LogP contribution in [0, 0.1) is 5.82 Å². The summed E-state index contributed by atoms with van der Waals surface area (Å²) < 4.78 is 19.2. The average Bonchev–Trinajstić information content (AvgIpc) is 2.41.